The Morgan fingerprint density at radius 3 is 2.88 bits per heavy atom. The standard InChI is InChI=1S/C15H12ClN3O6S/c1-24-13(22)5-11-14(23)18-15(26-11)19-17-6-8-4-9(16)2-3-10(8)25-7-12(20)21/h2-6H,7H2,1H3,(H,20,21)(H,18,19,23)/b11-5+,17-6?. The number of carboxylic acids is 1. The van der Waals surface area contributed by atoms with Crippen LogP contribution in [0.1, 0.15) is 5.56 Å². The van der Waals surface area contributed by atoms with Crippen LogP contribution in [0.3, 0.4) is 0 Å². The number of methoxy groups -OCH3 is 1. The number of esters is 1. The molecule has 0 atom stereocenters. The third-order valence-electron chi connectivity index (χ3n) is 2.77. The lowest BCUT2D eigenvalue weighted by Crippen LogP contribution is -2.19. The number of thioether (sulfide) groups is 1. The van der Waals surface area contributed by atoms with Crippen molar-refractivity contribution < 1.29 is 29.0 Å². The van der Waals surface area contributed by atoms with E-state index in [1.807, 2.05) is 0 Å². The number of hydrogen-bond donors (Lipinski definition) is 2. The molecule has 2 rings (SSSR count). The van der Waals surface area contributed by atoms with Crippen LogP contribution in [-0.2, 0) is 19.1 Å². The van der Waals surface area contributed by atoms with E-state index in [9.17, 15) is 14.4 Å². The Hall–Kier alpha value is -2.85. The number of halogens is 1. The topological polar surface area (TPSA) is 127 Å². The largest absolute Gasteiger partial charge is 0.481 e. The molecule has 0 radical (unpaired) electrons. The summed E-state index contributed by atoms with van der Waals surface area (Å²) in [5.74, 6) is -2.03. The van der Waals surface area contributed by atoms with Crippen molar-refractivity contribution >= 4 is 52.6 Å². The van der Waals surface area contributed by atoms with E-state index < -0.39 is 24.5 Å². The number of ether oxygens (including phenoxy) is 2. The van der Waals surface area contributed by atoms with Crippen LogP contribution in [0.5, 0.6) is 5.75 Å². The van der Waals surface area contributed by atoms with Gasteiger partial charge in [-0.3, -0.25) is 10.1 Å². The van der Waals surface area contributed by atoms with Crippen LogP contribution >= 0.6 is 23.4 Å². The summed E-state index contributed by atoms with van der Waals surface area (Å²) in [6.45, 7) is -0.523. The van der Waals surface area contributed by atoms with E-state index in [0.717, 1.165) is 17.8 Å². The summed E-state index contributed by atoms with van der Waals surface area (Å²) >= 11 is 6.82. The predicted octanol–water partition coefficient (Wildman–Crippen LogP) is 1.41. The first-order valence-corrected chi connectivity index (χ1v) is 8.12. The monoisotopic (exact) mass is 397 g/mol. The first kappa shape index (κ1) is 19.5. The number of nitrogens with zero attached hydrogens (tertiary/aromatic N) is 2. The minimum atomic E-state index is -1.13. The fourth-order valence-corrected chi connectivity index (χ4v) is 2.60. The molecule has 0 unspecified atom stereocenters. The first-order chi connectivity index (χ1) is 12.4. The maximum absolute atomic E-state index is 11.7. The minimum Gasteiger partial charge on any atom is -0.481 e. The van der Waals surface area contributed by atoms with Crippen molar-refractivity contribution in [1.82, 2.24) is 5.32 Å². The number of amides is 1. The molecule has 1 aliphatic rings. The molecular formula is C15H12ClN3O6S. The van der Waals surface area contributed by atoms with Gasteiger partial charge in [0.05, 0.1) is 18.2 Å². The van der Waals surface area contributed by atoms with Crippen LogP contribution in [0, 0.1) is 0 Å². The van der Waals surface area contributed by atoms with Gasteiger partial charge in [0.25, 0.3) is 5.91 Å². The van der Waals surface area contributed by atoms with E-state index in [2.05, 4.69) is 20.3 Å². The lowest BCUT2D eigenvalue weighted by atomic mass is 10.2. The minimum absolute atomic E-state index is 0.124. The van der Waals surface area contributed by atoms with Gasteiger partial charge in [0.1, 0.15) is 5.75 Å². The van der Waals surface area contributed by atoms with Crippen LogP contribution in [0.25, 0.3) is 0 Å². The molecule has 26 heavy (non-hydrogen) atoms. The highest BCUT2D eigenvalue weighted by Crippen LogP contribution is 2.24. The van der Waals surface area contributed by atoms with E-state index in [1.54, 1.807) is 6.07 Å². The Kier molecular flexibility index (Phi) is 6.75. The van der Waals surface area contributed by atoms with Crippen molar-refractivity contribution in [1.29, 1.82) is 0 Å². The van der Waals surface area contributed by atoms with Gasteiger partial charge in [-0.1, -0.05) is 11.6 Å². The first-order valence-electron chi connectivity index (χ1n) is 6.93. The van der Waals surface area contributed by atoms with Gasteiger partial charge in [0.2, 0.25) is 0 Å². The summed E-state index contributed by atoms with van der Waals surface area (Å²) in [4.78, 5) is 33.6. The van der Waals surface area contributed by atoms with Gasteiger partial charge in [-0.2, -0.15) is 5.10 Å². The number of carbonyl (C=O) groups excluding carboxylic acids is 2. The van der Waals surface area contributed by atoms with E-state index in [0.29, 0.717) is 10.6 Å². The molecule has 0 bridgehead atoms. The van der Waals surface area contributed by atoms with Crippen LogP contribution in [-0.4, -0.2) is 48.1 Å². The van der Waals surface area contributed by atoms with E-state index in [4.69, 9.17) is 21.4 Å². The Bertz CT molecular complexity index is 837. The smallest absolute Gasteiger partial charge is 0.341 e. The molecule has 0 spiro atoms. The lowest BCUT2D eigenvalue weighted by Gasteiger charge is -2.06. The molecule has 1 aromatic carbocycles. The summed E-state index contributed by atoms with van der Waals surface area (Å²) in [7, 11) is 1.20. The van der Waals surface area contributed by atoms with E-state index >= 15 is 0 Å². The second kappa shape index (κ2) is 9.02. The molecule has 1 aliphatic heterocycles. The number of aliphatic carboxylic acids is 1. The van der Waals surface area contributed by atoms with Gasteiger partial charge in [-0.15, -0.1) is 5.10 Å². The van der Waals surface area contributed by atoms with Crippen LogP contribution in [0.4, 0.5) is 0 Å². The van der Waals surface area contributed by atoms with Crippen molar-refractivity contribution in [2.45, 2.75) is 0 Å². The Morgan fingerprint density at radius 1 is 1.42 bits per heavy atom. The maximum Gasteiger partial charge on any atom is 0.341 e. The molecule has 0 saturated carbocycles. The van der Waals surface area contributed by atoms with Crippen molar-refractivity contribution in [3.63, 3.8) is 0 Å². The van der Waals surface area contributed by atoms with Crippen molar-refractivity contribution in [2.24, 2.45) is 10.2 Å². The molecule has 136 valence electrons. The number of nitrogens with one attached hydrogen (secondary N) is 1. The zero-order chi connectivity index (χ0) is 19.1. The average Bonchev–Trinajstić information content (AvgIpc) is 2.93. The summed E-state index contributed by atoms with van der Waals surface area (Å²) < 4.78 is 9.59. The third kappa shape index (κ3) is 5.60. The zero-order valence-electron chi connectivity index (χ0n) is 13.3. The molecule has 1 fully saturated rings. The molecule has 0 aromatic heterocycles. The zero-order valence-corrected chi connectivity index (χ0v) is 14.8. The van der Waals surface area contributed by atoms with E-state index in [-0.39, 0.29) is 15.8 Å². The molecule has 1 aromatic rings. The number of rotatable bonds is 6. The molecule has 1 saturated heterocycles. The third-order valence-corrected chi connectivity index (χ3v) is 3.90. The second-order valence-electron chi connectivity index (χ2n) is 4.60. The SMILES string of the molecule is COC(=O)/C=C1/S/C(=N\N=Cc2cc(Cl)ccc2OCC(=O)O)NC1=O. The van der Waals surface area contributed by atoms with Gasteiger partial charge < -0.3 is 14.6 Å². The molecule has 1 heterocycles. The van der Waals surface area contributed by atoms with Gasteiger partial charge in [-0.25, -0.2) is 9.59 Å². The van der Waals surface area contributed by atoms with Crippen LogP contribution in [0.15, 0.2) is 39.4 Å². The molecule has 1 amide bonds. The highest BCUT2D eigenvalue weighted by Gasteiger charge is 2.25. The average molecular weight is 398 g/mol. The van der Waals surface area contributed by atoms with Gasteiger partial charge in [-0.05, 0) is 30.0 Å². The van der Waals surface area contributed by atoms with Gasteiger partial charge >= 0.3 is 11.9 Å². The van der Waals surface area contributed by atoms with Crippen molar-refractivity contribution in [3.05, 3.63) is 39.8 Å². The lowest BCUT2D eigenvalue weighted by molar-refractivity contribution is -0.139. The van der Waals surface area contributed by atoms with Crippen LogP contribution < -0.4 is 10.1 Å². The molecule has 2 N–H and O–H groups in total. The van der Waals surface area contributed by atoms with Crippen LogP contribution in [0.2, 0.25) is 5.02 Å². The summed E-state index contributed by atoms with van der Waals surface area (Å²) in [5.41, 5.74) is 0.405. The van der Waals surface area contributed by atoms with E-state index in [1.165, 1.54) is 25.5 Å². The fourth-order valence-electron chi connectivity index (χ4n) is 1.68. The number of amidine groups is 1. The maximum atomic E-state index is 11.7. The van der Waals surface area contributed by atoms with Crippen molar-refractivity contribution in [3.8, 4) is 5.75 Å². The number of carbonyl (C=O) groups is 3. The molecule has 11 heteroatoms. The fraction of sp³-hybridized carbons (Fsp3) is 0.133. The second-order valence-corrected chi connectivity index (χ2v) is 6.07. The highest BCUT2D eigenvalue weighted by atomic mass is 35.5. The van der Waals surface area contributed by atoms with Crippen molar-refractivity contribution in [2.75, 3.05) is 13.7 Å². The normalized spacial score (nSPS) is 16.9. The van der Waals surface area contributed by atoms with Gasteiger partial charge in [0, 0.05) is 16.7 Å². The number of carboxylic acid groups (broad SMARTS) is 1. The molecule has 0 aliphatic carbocycles. The highest BCUT2D eigenvalue weighted by molar-refractivity contribution is 8.18. The quantitative estimate of drug-likeness (QED) is 0.321. The Balaban J connectivity index is 2.13. The number of hydrogen-bond acceptors (Lipinski definition) is 8. The summed E-state index contributed by atoms with van der Waals surface area (Å²) in [6, 6.07) is 4.56. The predicted molar refractivity (Wildman–Crippen MR) is 95.4 cm³/mol. The number of benzene rings is 1. The molecule has 9 nitrogen and oxygen atoms in total. The summed E-state index contributed by atoms with van der Waals surface area (Å²) in [5, 5.41) is 19.3. The summed E-state index contributed by atoms with van der Waals surface area (Å²) in [6.07, 6.45) is 2.34. The Labute approximate surface area is 156 Å². The molecular weight excluding hydrogens is 386 g/mol. The van der Waals surface area contributed by atoms with Gasteiger partial charge in [0.15, 0.2) is 11.8 Å². The Morgan fingerprint density at radius 2 is 2.19 bits per heavy atom.